The molecule has 0 fully saturated rings. The number of nitrogens with one attached hydrogen (secondary N) is 1. The third-order valence-electron chi connectivity index (χ3n) is 3.10. The van der Waals surface area contributed by atoms with Crippen LogP contribution in [0.3, 0.4) is 0 Å². The number of rotatable bonds is 6. The fourth-order valence-corrected chi connectivity index (χ4v) is 1.51. The van der Waals surface area contributed by atoms with E-state index in [0.29, 0.717) is 24.9 Å². The van der Waals surface area contributed by atoms with Gasteiger partial charge in [0.2, 0.25) is 5.91 Å². The van der Waals surface area contributed by atoms with Crippen molar-refractivity contribution in [2.24, 2.45) is 0 Å². The van der Waals surface area contributed by atoms with Gasteiger partial charge < -0.3 is 16.2 Å². The maximum atomic E-state index is 11.6. The summed E-state index contributed by atoms with van der Waals surface area (Å²) in [7, 11) is 0. The van der Waals surface area contributed by atoms with Crippen LogP contribution >= 0.6 is 0 Å². The van der Waals surface area contributed by atoms with Gasteiger partial charge in [-0.25, -0.2) is 0 Å². The topological polar surface area (TPSA) is 75.3 Å². The molecule has 1 atom stereocenters. The molecular formula is C14H22N2O2. The molecule has 1 aromatic carbocycles. The van der Waals surface area contributed by atoms with Gasteiger partial charge in [0.1, 0.15) is 0 Å². The average molecular weight is 250 g/mol. The van der Waals surface area contributed by atoms with Crippen LogP contribution in [-0.2, 0) is 11.2 Å². The zero-order chi connectivity index (χ0) is 13.6. The van der Waals surface area contributed by atoms with Crippen LogP contribution in [0.2, 0.25) is 0 Å². The predicted molar refractivity (Wildman–Crippen MR) is 73.1 cm³/mol. The summed E-state index contributed by atoms with van der Waals surface area (Å²) in [5, 5.41) is 12.5. The van der Waals surface area contributed by atoms with Crippen molar-refractivity contribution >= 4 is 11.6 Å². The second-order valence-corrected chi connectivity index (χ2v) is 4.83. The lowest BCUT2D eigenvalue weighted by atomic mass is 10.0. The molecule has 0 aliphatic heterocycles. The maximum absolute atomic E-state index is 11.6. The number of nitrogens with two attached hydrogens (primary N) is 1. The highest BCUT2D eigenvalue weighted by atomic mass is 16.3. The van der Waals surface area contributed by atoms with E-state index in [-0.39, 0.29) is 12.5 Å². The van der Waals surface area contributed by atoms with E-state index < -0.39 is 5.60 Å². The minimum Gasteiger partial charge on any atom is -0.399 e. The van der Waals surface area contributed by atoms with Gasteiger partial charge in [-0.2, -0.15) is 0 Å². The second-order valence-electron chi connectivity index (χ2n) is 4.83. The van der Waals surface area contributed by atoms with Crippen LogP contribution in [0.4, 0.5) is 5.69 Å². The Kier molecular flexibility index (Phi) is 5.16. The second kappa shape index (κ2) is 6.40. The Morgan fingerprint density at radius 3 is 2.72 bits per heavy atom. The van der Waals surface area contributed by atoms with Crippen molar-refractivity contribution < 1.29 is 9.90 Å². The van der Waals surface area contributed by atoms with Gasteiger partial charge in [-0.15, -0.1) is 0 Å². The molecule has 18 heavy (non-hydrogen) atoms. The summed E-state index contributed by atoms with van der Waals surface area (Å²) in [5.74, 6) is -0.0630. The monoisotopic (exact) mass is 250 g/mol. The molecule has 1 aromatic rings. The quantitative estimate of drug-likeness (QED) is 0.669. The standard InChI is InChI=1S/C14H22N2O2/c1-3-14(2,18)10-16-13(17)9-8-11-6-4-5-7-12(11)15/h4-7,18H,3,8-10,15H2,1-2H3,(H,16,17). The van der Waals surface area contributed by atoms with E-state index in [0.717, 1.165) is 5.56 Å². The lowest BCUT2D eigenvalue weighted by molar-refractivity contribution is -0.122. The van der Waals surface area contributed by atoms with E-state index in [2.05, 4.69) is 5.32 Å². The number of hydrogen-bond donors (Lipinski definition) is 3. The van der Waals surface area contributed by atoms with Crippen LogP contribution in [0.5, 0.6) is 0 Å². The summed E-state index contributed by atoms with van der Waals surface area (Å²) < 4.78 is 0. The van der Waals surface area contributed by atoms with E-state index in [9.17, 15) is 9.90 Å². The molecule has 0 saturated carbocycles. The molecule has 0 bridgehead atoms. The first-order valence-corrected chi connectivity index (χ1v) is 6.27. The molecule has 100 valence electrons. The van der Waals surface area contributed by atoms with Gasteiger partial charge in [0.05, 0.1) is 5.60 Å². The van der Waals surface area contributed by atoms with Crippen molar-refractivity contribution in [2.75, 3.05) is 12.3 Å². The maximum Gasteiger partial charge on any atom is 0.220 e. The molecule has 4 nitrogen and oxygen atoms in total. The van der Waals surface area contributed by atoms with Gasteiger partial charge in [-0.1, -0.05) is 25.1 Å². The van der Waals surface area contributed by atoms with Crippen molar-refractivity contribution in [3.8, 4) is 0 Å². The lowest BCUT2D eigenvalue weighted by Gasteiger charge is -2.21. The first-order valence-electron chi connectivity index (χ1n) is 6.27. The highest BCUT2D eigenvalue weighted by Crippen LogP contribution is 2.12. The molecule has 0 heterocycles. The number of carbonyl (C=O) groups is 1. The fourth-order valence-electron chi connectivity index (χ4n) is 1.51. The molecule has 4 N–H and O–H groups in total. The zero-order valence-electron chi connectivity index (χ0n) is 11.1. The number of para-hydroxylation sites is 1. The van der Waals surface area contributed by atoms with Gasteiger partial charge in [-0.05, 0) is 31.4 Å². The molecule has 0 aliphatic carbocycles. The Balaban J connectivity index is 2.36. The Morgan fingerprint density at radius 2 is 2.11 bits per heavy atom. The SMILES string of the molecule is CCC(C)(O)CNC(=O)CCc1ccccc1N. The van der Waals surface area contributed by atoms with E-state index >= 15 is 0 Å². The van der Waals surface area contributed by atoms with Gasteiger partial charge in [0.25, 0.3) is 0 Å². The zero-order valence-corrected chi connectivity index (χ0v) is 11.1. The number of hydrogen-bond acceptors (Lipinski definition) is 3. The van der Waals surface area contributed by atoms with Gasteiger partial charge in [0.15, 0.2) is 0 Å². The first kappa shape index (κ1) is 14.5. The van der Waals surface area contributed by atoms with Gasteiger partial charge >= 0.3 is 0 Å². The first-order chi connectivity index (χ1) is 8.44. The van der Waals surface area contributed by atoms with Crippen LogP contribution in [0, 0.1) is 0 Å². The van der Waals surface area contributed by atoms with Gasteiger partial charge in [0, 0.05) is 18.7 Å². The summed E-state index contributed by atoms with van der Waals surface area (Å²) >= 11 is 0. The van der Waals surface area contributed by atoms with Crippen molar-refractivity contribution in [1.82, 2.24) is 5.32 Å². The minimum atomic E-state index is -0.832. The van der Waals surface area contributed by atoms with Crippen LogP contribution in [0.25, 0.3) is 0 Å². The third kappa shape index (κ3) is 4.75. The molecule has 1 unspecified atom stereocenters. The van der Waals surface area contributed by atoms with Crippen LogP contribution in [-0.4, -0.2) is 23.2 Å². The normalized spacial score (nSPS) is 13.9. The average Bonchev–Trinajstić information content (AvgIpc) is 2.35. The number of carbonyl (C=O) groups excluding carboxylic acids is 1. The molecule has 0 spiro atoms. The molecule has 1 rings (SSSR count). The Labute approximate surface area is 108 Å². The van der Waals surface area contributed by atoms with Crippen LogP contribution in [0.15, 0.2) is 24.3 Å². The van der Waals surface area contributed by atoms with Gasteiger partial charge in [-0.3, -0.25) is 4.79 Å². The smallest absolute Gasteiger partial charge is 0.220 e. The summed E-state index contributed by atoms with van der Waals surface area (Å²) in [6, 6.07) is 7.53. The predicted octanol–water partition coefficient (Wildman–Crippen LogP) is 1.48. The minimum absolute atomic E-state index is 0.0630. The van der Waals surface area contributed by atoms with E-state index in [1.165, 1.54) is 0 Å². The number of amides is 1. The van der Waals surface area contributed by atoms with Crippen LogP contribution < -0.4 is 11.1 Å². The molecule has 4 heteroatoms. The number of aliphatic hydroxyl groups is 1. The summed E-state index contributed by atoms with van der Waals surface area (Å²) in [6.07, 6.45) is 1.61. The Bertz CT molecular complexity index is 403. The number of nitrogen functional groups attached to an aromatic ring is 1. The van der Waals surface area contributed by atoms with E-state index in [1.807, 2.05) is 31.2 Å². The summed E-state index contributed by atoms with van der Waals surface area (Å²) in [5.41, 5.74) is 6.66. The molecule has 0 aliphatic rings. The Hall–Kier alpha value is -1.55. The number of anilines is 1. The molecule has 0 saturated heterocycles. The van der Waals surface area contributed by atoms with E-state index in [1.54, 1.807) is 6.92 Å². The van der Waals surface area contributed by atoms with Crippen LogP contribution in [0.1, 0.15) is 32.3 Å². The molecular weight excluding hydrogens is 228 g/mol. The lowest BCUT2D eigenvalue weighted by Crippen LogP contribution is -2.40. The largest absolute Gasteiger partial charge is 0.399 e. The van der Waals surface area contributed by atoms with E-state index in [4.69, 9.17) is 5.73 Å². The Morgan fingerprint density at radius 1 is 1.44 bits per heavy atom. The molecule has 0 aromatic heterocycles. The summed E-state index contributed by atoms with van der Waals surface area (Å²) in [6.45, 7) is 3.88. The molecule has 0 radical (unpaired) electrons. The van der Waals surface area contributed by atoms with Crippen molar-refractivity contribution in [3.63, 3.8) is 0 Å². The third-order valence-corrected chi connectivity index (χ3v) is 3.10. The highest BCUT2D eigenvalue weighted by molar-refractivity contribution is 5.76. The fraction of sp³-hybridized carbons (Fsp3) is 0.500. The highest BCUT2D eigenvalue weighted by Gasteiger charge is 2.18. The number of benzene rings is 1. The number of aryl methyl sites for hydroxylation is 1. The van der Waals surface area contributed by atoms with Crippen molar-refractivity contribution in [1.29, 1.82) is 0 Å². The van der Waals surface area contributed by atoms with Crippen molar-refractivity contribution in [3.05, 3.63) is 29.8 Å². The van der Waals surface area contributed by atoms with Crippen molar-refractivity contribution in [2.45, 2.75) is 38.7 Å². The summed E-state index contributed by atoms with van der Waals surface area (Å²) in [4.78, 5) is 11.6. The molecule has 1 amide bonds.